The fraction of sp³-hybridized carbons (Fsp3) is 0.696. The standard InChI is InChI=1S/C23H31BrO3/c1-20-10-5-11-22(20,3)16-12-18(23(4,26)21(2,13-16)14-20)27-19(25)15-6-8-17(24)9-7-15/h6-9,16,18,26H,5,10-14H2,1-4H3/t16-,18-,20-,21+,22+,23-/m1/s1. The number of hydrogen-bond acceptors (Lipinski definition) is 3. The lowest BCUT2D eigenvalue weighted by atomic mass is 9.41. The number of benzene rings is 1. The van der Waals surface area contributed by atoms with Crippen LogP contribution in [-0.2, 0) is 4.74 Å². The highest BCUT2D eigenvalue weighted by Crippen LogP contribution is 2.71. The summed E-state index contributed by atoms with van der Waals surface area (Å²) in [5.74, 6) is 0.155. The van der Waals surface area contributed by atoms with Crippen LogP contribution in [-0.4, -0.2) is 22.8 Å². The number of rotatable bonds is 2. The normalized spacial score (nSPS) is 46.0. The fourth-order valence-electron chi connectivity index (χ4n) is 6.67. The first kappa shape index (κ1) is 19.4. The van der Waals surface area contributed by atoms with Gasteiger partial charge in [-0.15, -0.1) is 0 Å². The first-order valence-electron chi connectivity index (χ1n) is 10.2. The Labute approximate surface area is 171 Å². The predicted molar refractivity (Wildman–Crippen MR) is 109 cm³/mol. The topological polar surface area (TPSA) is 46.5 Å². The number of ether oxygens (including phenoxy) is 1. The minimum atomic E-state index is -1.01. The maximum atomic E-state index is 12.8. The van der Waals surface area contributed by atoms with E-state index >= 15 is 0 Å². The maximum Gasteiger partial charge on any atom is 0.338 e. The minimum absolute atomic E-state index is 0.223. The van der Waals surface area contributed by atoms with E-state index in [0.29, 0.717) is 11.5 Å². The van der Waals surface area contributed by atoms with E-state index in [-0.39, 0.29) is 22.2 Å². The Bertz CT molecular complexity index is 757. The Morgan fingerprint density at radius 3 is 2.44 bits per heavy atom. The summed E-state index contributed by atoms with van der Waals surface area (Å²) in [6.07, 6.45) is 6.10. The van der Waals surface area contributed by atoms with Crippen LogP contribution in [0.4, 0.5) is 0 Å². The van der Waals surface area contributed by atoms with Gasteiger partial charge in [0.25, 0.3) is 0 Å². The molecule has 0 radical (unpaired) electrons. The molecule has 2 bridgehead atoms. The highest BCUT2D eigenvalue weighted by Gasteiger charge is 2.67. The van der Waals surface area contributed by atoms with Gasteiger partial charge < -0.3 is 9.84 Å². The second-order valence-electron chi connectivity index (χ2n) is 10.3. The smallest absolute Gasteiger partial charge is 0.338 e. The Morgan fingerprint density at radius 1 is 1.11 bits per heavy atom. The molecule has 1 N–H and O–H groups in total. The van der Waals surface area contributed by atoms with Crippen molar-refractivity contribution >= 4 is 21.9 Å². The SMILES string of the molecule is C[C@]12CCC[C@@]1(C)[C@@H]1C[C@@H](OC(=O)c3ccc(Br)cc3)[C@@](C)(O)[C@@](C)(C1)C2. The molecule has 3 aliphatic rings. The molecule has 0 aliphatic heterocycles. The molecule has 3 aliphatic carbocycles. The van der Waals surface area contributed by atoms with Crippen molar-refractivity contribution < 1.29 is 14.6 Å². The molecular weight excluding hydrogens is 404 g/mol. The van der Waals surface area contributed by atoms with Crippen molar-refractivity contribution in [2.75, 3.05) is 0 Å². The number of carbonyl (C=O) groups excluding carboxylic acids is 1. The van der Waals surface area contributed by atoms with Gasteiger partial charge in [-0.1, -0.05) is 43.1 Å². The Hall–Kier alpha value is -0.870. The van der Waals surface area contributed by atoms with Crippen molar-refractivity contribution in [3.05, 3.63) is 34.3 Å². The van der Waals surface area contributed by atoms with E-state index in [0.717, 1.165) is 23.7 Å². The summed E-state index contributed by atoms with van der Waals surface area (Å²) in [5.41, 5.74) is -0.145. The van der Waals surface area contributed by atoms with E-state index in [1.54, 1.807) is 12.1 Å². The zero-order valence-corrected chi connectivity index (χ0v) is 18.4. The monoisotopic (exact) mass is 434 g/mol. The van der Waals surface area contributed by atoms with Crippen LogP contribution >= 0.6 is 15.9 Å². The molecule has 3 nitrogen and oxygen atoms in total. The minimum Gasteiger partial charge on any atom is -0.456 e. The first-order valence-corrected chi connectivity index (χ1v) is 11.0. The second-order valence-corrected chi connectivity index (χ2v) is 11.2. The number of carbonyl (C=O) groups is 1. The van der Waals surface area contributed by atoms with E-state index in [9.17, 15) is 9.90 Å². The van der Waals surface area contributed by atoms with Crippen LogP contribution in [0, 0.1) is 22.2 Å². The molecule has 0 saturated heterocycles. The van der Waals surface area contributed by atoms with E-state index < -0.39 is 11.7 Å². The van der Waals surface area contributed by atoms with Crippen LogP contribution in [0.2, 0.25) is 0 Å². The van der Waals surface area contributed by atoms with E-state index in [1.165, 1.54) is 19.3 Å². The van der Waals surface area contributed by atoms with E-state index in [4.69, 9.17) is 4.74 Å². The first-order chi connectivity index (χ1) is 12.5. The summed E-state index contributed by atoms with van der Waals surface area (Å²) >= 11 is 3.40. The molecule has 0 unspecified atom stereocenters. The average molecular weight is 435 g/mol. The van der Waals surface area contributed by atoms with Gasteiger partial charge in [-0.3, -0.25) is 0 Å². The molecule has 1 aromatic carbocycles. The third kappa shape index (κ3) is 2.73. The van der Waals surface area contributed by atoms with Gasteiger partial charge in [0.1, 0.15) is 11.7 Å². The zero-order valence-electron chi connectivity index (χ0n) is 16.8. The van der Waals surface area contributed by atoms with Crippen LogP contribution in [0.1, 0.15) is 76.6 Å². The summed E-state index contributed by atoms with van der Waals surface area (Å²) in [6.45, 7) is 8.97. The molecule has 0 aromatic heterocycles. The van der Waals surface area contributed by atoms with E-state index in [2.05, 4.69) is 36.7 Å². The lowest BCUT2D eigenvalue weighted by molar-refractivity contribution is -0.240. The average Bonchev–Trinajstić information content (AvgIpc) is 2.88. The number of aliphatic hydroxyl groups is 1. The van der Waals surface area contributed by atoms with Gasteiger partial charge >= 0.3 is 5.97 Å². The number of halogens is 1. The largest absolute Gasteiger partial charge is 0.456 e. The maximum absolute atomic E-state index is 12.8. The van der Waals surface area contributed by atoms with Gasteiger partial charge in [-0.25, -0.2) is 4.79 Å². The van der Waals surface area contributed by atoms with Gasteiger partial charge in [0.15, 0.2) is 0 Å². The summed E-state index contributed by atoms with van der Waals surface area (Å²) < 4.78 is 6.89. The molecule has 4 rings (SSSR count). The summed E-state index contributed by atoms with van der Waals surface area (Å²) in [5, 5.41) is 11.6. The molecule has 0 amide bonds. The summed E-state index contributed by atoms with van der Waals surface area (Å²) in [7, 11) is 0. The highest BCUT2D eigenvalue weighted by molar-refractivity contribution is 9.10. The van der Waals surface area contributed by atoms with Gasteiger partial charge in [-0.2, -0.15) is 0 Å². The lowest BCUT2D eigenvalue weighted by Crippen LogP contribution is -2.66. The van der Waals surface area contributed by atoms with Crippen molar-refractivity contribution in [3.8, 4) is 0 Å². The number of esters is 1. The molecule has 1 aromatic rings. The van der Waals surface area contributed by atoms with Gasteiger partial charge in [0.2, 0.25) is 0 Å². The van der Waals surface area contributed by atoms with Crippen molar-refractivity contribution in [2.24, 2.45) is 22.2 Å². The quantitative estimate of drug-likeness (QED) is 0.603. The van der Waals surface area contributed by atoms with Crippen LogP contribution in [0.5, 0.6) is 0 Å². The van der Waals surface area contributed by atoms with Crippen molar-refractivity contribution in [3.63, 3.8) is 0 Å². The van der Waals surface area contributed by atoms with Gasteiger partial charge in [0, 0.05) is 9.89 Å². The predicted octanol–water partition coefficient (Wildman–Crippen LogP) is 5.74. The Kier molecular flexibility index (Phi) is 4.37. The Balaban J connectivity index is 1.63. The van der Waals surface area contributed by atoms with Gasteiger partial charge in [-0.05, 0) is 80.0 Å². The van der Waals surface area contributed by atoms with Crippen LogP contribution in [0.15, 0.2) is 28.7 Å². The molecule has 0 heterocycles. The summed E-state index contributed by atoms with van der Waals surface area (Å²) in [4.78, 5) is 12.8. The highest BCUT2D eigenvalue weighted by atomic mass is 79.9. The molecule has 148 valence electrons. The number of fused-ring (bicyclic) bond motifs is 4. The van der Waals surface area contributed by atoms with E-state index in [1.807, 2.05) is 19.1 Å². The molecular formula is C23H31BrO3. The van der Waals surface area contributed by atoms with Crippen LogP contribution in [0.25, 0.3) is 0 Å². The van der Waals surface area contributed by atoms with Crippen LogP contribution < -0.4 is 0 Å². The second kappa shape index (κ2) is 6.06. The van der Waals surface area contributed by atoms with Crippen molar-refractivity contribution in [1.82, 2.24) is 0 Å². The molecule has 3 fully saturated rings. The van der Waals surface area contributed by atoms with Crippen molar-refractivity contribution in [1.29, 1.82) is 0 Å². The third-order valence-corrected chi connectivity index (χ3v) is 9.39. The zero-order chi connectivity index (χ0) is 19.7. The van der Waals surface area contributed by atoms with Crippen LogP contribution in [0.3, 0.4) is 0 Å². The molecule has 3 saturated carbocycles. The summed E-state index contributed by atoms with van der Waals surface area (Å²) in [6, 6.07) is 7.22. The molecule has 27 heavy (non-hydrogen) atoms. The molecule has 0 spiro atoms. The molecule has 4 heteroatoms. The third-order valence-electron chi connectivity index (χ3n) is 8.86. The fourth-order valence-corrected chi connectivity index (χ4v) is 6.94. The Morgan fingerprint density at radius 2 is 1.78 bits per heavy atom. The van der Waals surface area contributed by atoms with Gasteiger partial charge in [0.05, 0.1) is 5.56 Å². The van der Waals surface area contributed by atoms with Crippen molar-refractivity contribution in [2.45, 2.75) is 77.9 Å². The lowest BCUT2D eigenvalue weighted by Gasteiger charge is -2.65. The number of hydrogen-bond donors (Lipinski definition) is 1. The molecule has 6 atom stereocenters.